The summed E-state index contributed by atoms with van der Waals surface area (Å²) in [6.07, 6.45) is 0. The first-order chi connectivity index (χ1) is 5.09. The van der Waals surface area contributed by atoms with Crippen molar-refractivity contribution >= 4 is 12.2 Å². The molecule has 0 aliphatic carbocycles. The molecule has 1 aromatic rings. The van der Waals surface area contributed by atoms with Crippen LogP contribution in [-0.2, 0) is 13.6 Å². The normalized spacial score (nSPS) is 10.9. The van der Waals surface area contributed by atoms with Gasteiger partial charge in [-0.3, -0.25) is 9.78 Å². The third-order valence-electron chi connectivity index (χ3n) is 1.28. The quantitative estimate of drug-likeness (QED) is 0.661. The Morgan fingerprint density at radius 1 is 1.64 bits per heavy atom. The minimum Gasteiger partial charge on any atom is -0.302 e. The lowest BCUT2D eigenvalue weighted by molar-refractivity contribution is 0.389. The Kier molecular flexibility index (Phi) is 2.41. The van der Waals surface area contributed by atoms with E-state index in [0.717, 1.165) is 12.4 Å². The summed E-state index contributed by atoms with van der Waals surface area (Å²) in [5, 5.41) is 3.04. The van der Waals surface area contributed by atoms with Gasteiger partial charge in [-0.25, -0.2) is 4.98 Å². The van der Waals surface area contributed by atoms with Crippen LogP contribution in [0.25, 0.3) is 0 Å². The van der Waals surface area contributed by atoms with Gasteiger partial charge >= 0.3 is 0 Å². The van der Waals surface area contributed by atoms with E-state index in [4.69, 9.17) is 12.2 Å². The van der Waals surface area contributed by atoms with Crippen LogP contribution in [0.5, 0.6) is 0 Å². The van der Waals surface area contributed by atoms with Gasteiger partial charge in [0.1, 0.15) is 5.82 Å². The van der Waals surface area contributed by atoms with Crippen molar-refractivity contribution < 1.29 is 0 Å². The molecule has 1 rings (SSSR count). The predicted molar refractivity (Wildman–Crippen MR) is 45.8 cm³/mol. The second kappa shape index (κ2) is 3.15. The smallest absolute Gasteiger partial charge is 0.215 e. The summed E-state index contributed by atoms with van der Waals surface area (Å²) in [6.45, 7) is 0.796. The molecule has 1 heterocycles. The van der Waals surface area contributed by atoms with Crippen LogP contribution < -0.4 is 0 Å². The van der Waals surface area contributed by atoms with Crippen molar-refractivity contribution in [3.8, 4) is 0 Å². The zero-order valence-corrected chi connectivity index (χ0v) is 7.77. The van der Waals surface area contributed by atoms with Gasteiger partial charge in [0.05, 0.1) is 6.54 Å². The van der Waals surface area contributed by atoms with Crippen LogP contribution in [-0.4, -0.2) is 33.8 Å². The fourth-order valence-corrected chi connectivity index (χ4v) is 0.983. The Morgan fingerprint density at radius 2 is 2.27 bits per heavy atom. The first-order valence-corrected chi connectivity index (χ1v) is 3.77. The highest BCUT2D eigenvalue weighted by Crippen LogP contribution is 1.93. The number of hydrogen-bond acceptors (Lipinski definition) is 3. The van der Waals surface area contributed by atoms with Gasteiger partial charge in [0.15, 0.2) is 0 Å². The number of aryl methyl sites for hydroxylation is 1. The van der Waals surface area contributed by atoms with Gasteiger partial charge < -0.3 is 4.90 Å². The maximum absolute atomic E-state index is 4.93. The van der Waals surface area contributed by atoms with Crippen molar-refractivity contribution in [2.45, 2.75) is 6.54 Å². The number of nitrogens with one attached hydrogen (secondary N) is 1. The summed E-state index contributed by atoms with van der Waals surface area (Å²) in [5.74, 6) is 0.905. The molecule has 0 amide bonds. The number of H-pyrrole nitrogens is 1. The molecule has 5 heteroatoms. The highest BCUT2D eigenvalue weighted by Gasteiger charge is 1.98. The van der Waals surface area contributed by atoms with Crippen LogP contribution in [0.4, 0.5) is 0 Å². The summed E-state index contributed by atoms with van der Waals surface area (Å²) >= 11 is 4.93. The molecule has 1 aromatic heterocycles. The van der Waals surface area contributed by atoms with E-state index in [2.05, 4.69) is 10.1 Å². The van der Waals surface area contributed by atoms with Gasteiger partial charge in [0.2, 0.25) is 4.77 Å². The lowest BCUT2D eigenvalue weighted by atomic mass is 10.6. The fourth-order valence-electron chi connectivity index (χ4n) is 0.827. The number of nitrogens with zero attached hydrogens (tertiary/aromatic N) is 3. The molecule has 0 spiro atoms. The maximum atomic E-state index is 4.93. The Labute approximate surface area is 70.8 Å². The first-order valence-electron chi connectivity index (χ1n) is 3.36. The molecular formula is C6H12N4S. The molecule has 62 valence electrons. The van der Waals surface area contributed by atoms with E-state index >= 15 is 0 Å². The van der Waals surface area contributed by atoms with Gasteiger partial charge in [0.25, 0.3) is 0 Å². The Morgan fingerprint density at radius 3 is 2.64 bits per heavy atom. The van der Waals surface area contributed by atoms with Gasteiger partial charge in [0, 0.05) is 7.05 Å². The van der Waals surface area contributed by atoms with Crippen molar-refractivity contribution in [3.63, 3.8) is 0 Å². The van der Waals surface area contributed by atoms with Gasteiger partial charge in [-0.2, -0.15) is 0 Å². The van der Waals surface area contributed by atoms with E-state index in [0.29, 0.717) is 4.77 Å². The van der Waals surface area contributed by atoms with E-state index in [1.165, 1.54) is 0 Å². The molecule has 0 atom stereocenters. The van der Waals surface area contributed by atoms with Crippen molar-refractivity contribution in [1.29, 1.82) is 0 Å². The Bertz CT molecular complexity index is 285. The highest BCUT2D eigenvalue weighted by atomic mass is 32.1. The zero-order valence-electron chi connectivity index (χ0n) is 6.96. The molecule has 0 aliphatic heterocycles. The molecule has 0 unspecified atom stereocenters. The largest absolute Gasteiger partial charge is 0.302 e. The van der Waals surface area contributed by atoms with E-state index in [9.17, 15) is 0 Å². The van der Waals surface area contributed by atoms with Gasteiger partial charge in [-0.15, -0.1) is 0 Å². The second-order valence-electron chi connectivity index (χ2n) is 2.75. The van der Waals surface area contributed by atoms with E-state index in [1.807, 2.05) is 26.0 Å². The molecule has 0 saturated heterocycles. The zero-order chi connectivity index (χ0) is 8.43. The van der Waals surface area contributed by atoms with Crippen molar-refractivity contribution in [2.24, 2.45) is 7.05 Å². The summed E-state index contributed by atoms with van der Waals surface area (Å²) in [7, 11) is 5.84. The summed E-state index contributed by atoms with van der Waals surface area (Å²) in [5.41, 5.74) is 0. The van der Waals surface area contributed by atoms with E-state index < -0.39 is 0 Å². The fraction of sp³-hybridized carbons (Fsp3) is 0.667. The monoisotopic (exact) mass is 172 g/mol. The molecule has 1 N–H and O–H groups in total. The van der Waals surface area contributed by atoms with Crippen molar-refractivity contribution in [1.82, 2.24) is 19.7 Å². The molecular weight excluding hydrogens is 160 g/mol. The second-order valence-corrected chi connectivity index (χ2v) is 3.11. The summed E-state index contributed by atoms with van der Waals surface area (Å²) < 4.78 is 2.33. The third kappa shape index (κ3) is 2.13. The number of aromatic nitrogens is 3. The van der Waals surface area contributed by atoms with Crippen molar-refractivity contribution in [2.75, 3.05) is 14.1 Å². The van der Waals surface area contributed by atoms with Crippen LogP contribution in [0.1, 0.15) is 5.82 Å². The highest BCUT2D eigenvalue weighted by molar-refractivity contribution is 7.71. The topological polar surface area (TPSA) is 36.9 Å². The summed E-state index contributed by atoms with van der Waals surface area (Å²) in [6, 6.07) is 0. The minimum atomic E-state index is 0.599. The Balaban J connectivity index is 2.81. The van der Waals surface area contributed by atoms with Crippen LogP contribution in [0.3, 0.4) is 0 Å². The summed E-state index contributed by atoms with van der Waals surface area (Å²) in [4.78, 5) is 6.17. The van der Waals surface area contributed by atoms with Crippen molar-refractivity contribution in [3.05, 3.63) is 10.6 Å². The minimum absolute atomic E-state index is 0.599. The molecule has 0 fully saturated rings. The lowest BCUT2D eigenvalue weighted by Gasteiger charge is -2.04. The maximum Gasteiger partial charge on any atom is 0.215 e. The van der Waals surface area contributed by atoms with Crippen LogP contribution in [0.15, 0.2) is 0 Å². The van der Waals surface area contributed by atoms with E-state index in [1.54, 1.807) is 4.68 Å². The number of aromatic amines is 1. The molecule has 4 nitrogen and oxygen atoms in total. The average Bonchev–Trinajstić information content (AvgIpc) is 2.10. The average molecular weight is 172 g/mol. The van der Waals surface area contributed by atoms with Crippen LogP contribution in [0, 0.1) is 4.77 Å². The molecule has 0 saturated carbocycles. The molecule has 0 aromatic carbocycles. The SMILES string of the molecule is CN(C)Cc1nc(=S)n(C)[nH]1. The molecule has 0 aliphatic rings. The lowest BCUT2D eigenvalue weighted by Crippen LogP contribution is -2.12. The van der Waals surface area contributed by atoms with Crippen LogP contribution >= 0.6 is 12.2 Å². The number of hydrogen-bond donors (Lipinski definition) is 1. The standard InChI is InChI=1S/C6H12N4S/c1-9(2)4-5-7-6(11)10(3)8-5/h4H2,1-3H3,(H,7,8,11). The van der Waals surface area contributed by atoms with Gasteiger partial charge in [-0.1, -0.05) is 0 Å². The molecule has 11 heavy (non-hydrogen) atoms. The molecule has 0 bridgehead atoms. The predicted octanol–water partition coefficient (Wildman–Crippen LogP) is 0.539. The van der Waals surface area contributed by atoms with Crippen LogP contribution in [0.2, 0.25) is 0 Å². The first kappa shape index (κ1) is 8.42. The van der Waals surface area contributed by atoms with E-state index in [-0.39, 0.29) is 0 Å². The Hall–Kier alpha value is -0.680. The van der Waals surface area contributed by atoms with Gasteiger partial charge in [-0.05, 0) is 26.3 Å². The third-order valence-corrected chi connectivity index (χ3v) is 1.65. The molecule has 0 radical (unpaired) electrons. The number of rotatable bonds is 2.